The molecule has 21 heavy (non-hydrogen) atoms. The van der Waals surface area contributed by atoms with Gasteiger partial charge < -0.3 is 10.3 Å². The van der Waals surface area contributed by atoms with E-state index in [4.69, 9.17) is 10.3 Å². The van der Waals surface area contributed by atoms with Crippen LogP contribution in [0.1, 0.15) is 5.56 Å². The number of alkyl halides is 3. The molecule has 0 saturated heterocycles. The molecular weight excluding hydrogens is 303 g/mol. The standard InChI is InChI=1S/C13H8F3N3OS/c14-13(15,16)8-1-2-10(17)9(5-8)12-18-11(19-20-12)7-3-4-21-6-7/h1-6H,17H2. The summed E-state index contributed by atoms with van der Waals surface area (Å²) >= 11 is 1.45. The molecule has 0 bridgehead atoms. The molecule has 0 amide bonds. The Kier molecular flexibility index (Phi) is 3.17. The zero-order valence-corrected chi connectivity index (χ0v) is 11.2. The number of hydrogen-bond donors (Lipinski definition) is 1. The van der Waals surface area contributed by atoms with Gasteiger partial charge in [-0.15, -0.1) is 0 Å². The maximum Gasteiger partial charge on any atom is 0.416 e. The summed E-state index contributed by atoms with van der Waals surface area (Å²) < 4.78 is 43.2. The van der Waals surface area contributed by atoms with Gasteiger partial charge in [0.05, 0.1) is 11.1 Å². The van der Waals surface area contributed by atoms with Crippen LogP contribution < -0.4 is 5.73 Å². The van der Waals surface area contributed by atoms with Crippen molar-refractivity contribution in [1.29, 1.82) is 0 Å². The largest absolute Gasteiger partial charge is 0.416 e. The maximum absolute atomic E-state index is 12.7. The normalized spacial score (nSPS) is 11.8. The van der Waals surface area contributed by atoms with Crippen LogP contribution >= 0.6 is 11.3 Å². The van der Waals surface area contributed by atoms with E-state index in [1.807, 2.05) is 10.8 Å². The average molecular weight is 311 g/mol. The van der Waals surface area contributed by atoms with Crippen molar-refractivity contribution >= 4 is 17.0 Å². The molecule has 2 heterocycles. The Hall–Kier alpha value is -2.35. The minimum absolute atomic E-state index is 0.0419. The molecule has 0 aliphatic rings. The number of halogens is 3. The summed E-state index contributed by atoms with van der Waals surface area (Å²) in [4.78, 5) is 4.09. The van der Waals surface area contributed by atoms with Crippen molar-refractivity contribution in [2.24, 2.45) is 0 Å². The number of hydrogen-bond acceptors (Lipinski definition) is 5. The second kappa shape index (κ2) is 4.88. The van der Waals surface area contributed by atoms with E-state index in [0.717, 1.165) is 17.7 Å². The van der Waals surface area contributed by atoms with Crippen LogP contribution in [0.3, 0.4) is 0 Å². The third kappa shape index (κ3) is 2.62. The molecule has 0 atom stereocenters. The summed E-state index contributed by atoms with van der Waals surface area (Å²) in [5.74, 6) is 0.267. The van der Waals surface area contributed by atoms with Crippen molar-refractivity contribution in [2.45, 2.75) is 6.18 Å². The van der Waals surface area contributed by atoms with Gasteiger partial charge in [-0.05, 0) is 29.6 Å². The van der Waals surface area contributed by atoms with Crippen molar-refractivity contribution in [3.8, 4) is 22.8 Å². The number of nitrogens with zero attached hydrogens (tertiary/aromatic N) is 2. The van der Waals surface area contributed by atoms with E-state index in [-0.39, 0.29) is 17.1 Å². The Bertz CT molecular complexity index is 765. The Labute approximate surface area is 121 Å². The van der Waals surface area contributed by atoms with E-state index in [9.17, 15) is 13.2 Å². The first-order chi connectivity index (χ1) is 9.95. The summed E-state index contributed by atoms with van der Waals surface area (Å²) in [5, 5.41) is 7.40. The number of anilines is 1. The van der Waals surface area contributed by atoms with Crippen LogP contribution in [-0.2, 0) is 6.18 Å². The lowest BCUT2D eigenvalue weighted by Crippen LogP contribution is -2.05. The molecule has 3 aromatic rings. The average Bonchev–Trinajstić information content (AvgIpc) is 3.09. The van der Waals surface area contributed by atoms with Crippen LogP contribution in [-0.4, -0.2) is 10.1 Å². The third-order valence-electron chi connectivity index (χ3n) is 2.82. The van der Waals surface area contributed by atoms with Crippen molar-refractivity contribution in [2.75, 3.05) is 5.73 Å². The zero-order valence-electron chi connectivity index (χ0n) is 10.4. The summed E-state index contributed by atoms with van der Waals surface area (Å²) in [6, 6.07) is 4.77. The summed E-state index contributed by atoms with van der Waals surface area (Å²) in [6.45, 7) is 0. The number of thiophene rings is 1. The molecule has 0 radical (unpaired) electrons. The molecule has 0 aliphatic carbocycles. The minimum Gasteiger partial charge on any atom is -0.398 e. The fourth-order valence-electron chi connectivity index (χ4n) is 1.76. The molecule has 2 N–H and O–H groups in total. The predicted molar refractivity (Wildman–Crippen MR) is 72.5 cm³/mol. The van der Waals surface area contributed by atoms with Gasteiger partial charge in [0.15, 0.2) is 0 Å². The van der Waals surface area contributed by atoms with Gasteiger partial charge in [0.2, 0.25) is 5.82 Å². The van der Waals surface area contributed by atoms with E-state index in [1.165, 1.54) is 17.4 Å². The van der Waals surface area contributed by atoms with E-state index >= 15 is 0 Å². The van der Waals surface area contributed by atoms with Gasteiger partial charge in [0.25, 0.3) is 5.89 Å². The molecular formula is C13H8F3N3OS. The second-order valence-electron chi connectivity index (χ2n) is 4.23. The SMILES string of the molecule is Nc1ccc(C(F)(F)F)cc1-c1nc(-c2ccsc2)no1. The van der Waals surface area contributed by atoms with Crippen LogP contribution in [0.2, 0.25) is 0 Å². The van der Waals surface area contributed by atoms with E-state index in [1.54, 1.807) is 6.07 Å². The highest BCUT2D eigenvalue weighted by atomic mass is 32.1. The van der Waals surface area contributed by atoms with Crippen molar-refractivity contribution in [3.63, 3.8) is 0 Å². The molecule has 0 saturated carbocycles. The molecule has 8 heteroatoms. The fourth-order valence-corrected chi connectivity index (χ4v) is 2.39. The zero-order chi connectivity index (χ0) is 15.0. The Morgan fingerprint density at radius 2 is 2.00 bits per heavy atom. The van der Waals surface area contributed by atoms with Crippen molar-refractivity contribution in [3.05, 3.63) is 40.6 Å². The molecule has 0 unspecified atom stereocenters. The smallest absolute Gasteiger partial charge is 0.398 e. The summed E-state index contributed by atoms with van der Waals surface area (Å²) in [5.41, 5.74) is 5.83. The number of rotatable bonds is 2. The van der Waals surface area contributed by atoms with Gasteiger partial charge in [-0.1, -0.05) is 5.16 Å². The second-order valence-corrected chi connectivity index (χ2v) is 5.01. The molecule has 3 rings (SSSR count). The van der Waals surface area contributed by atoms with Crippen LogP contribution in [0.4, 0.5) is 18.9 Å². The van der Waals surface area contributed by atoms with Crippen molar-refractivity contribution in [1.82, 2.24) is 10.1 Å². The van der Waals surface area contributed by atoms with Crippen molar-refractivity contribution < 1.29 is 17.7 Å². The highest BCUT2D eigenvalue weighted by Crippen LogP contribution is 2.35. The minimum atomic E-state index is -4.46. The monoisotopic (exact) mass is 311 g/mol. The predicted octanol–water partition coefficient (Wildman–Crippen LogP) is 4.07. The number of nitrogens with two attached hydrogens (primary N) is 1. The first-order valence-electron chi connectivity index (χ1n) is 5.78. The Balaban J connectivity index is 2.04. The van der Waals surface area contributed by atoms with E-state index < -0.39 is 11.7 Å². The number of aromatic nitrogens is 2. The van der Waals surface area contributed by atoms with Crippen LogP contribution in [0, 0.1) is 0 Å². The number of nitrogen functional groups attached to an aromatic ring is 1. The van der Waals surface area contributed by atoms with Gasteiger partial charge in [-0.25, -0.2) is 0 Å². The number of benzene rings is 1. The highest BCUT2D eigenvalue weighted by Gasteiger charge is 2.31. The summed E-state index contributed by atoms with van der Waals surface area (Å²) in [7, 11) is 0. The maximum atomic E-state index is 12.7. The molecule has 108 valence electrons. The molecule has 4 nitrogen and oxygen atoms in total. The molecule has 0 fully saturated rings. The van der Waals surface area contributed by atoms with Gasteiger partial charge >= 0.3 is 6.18 Å². The van der Waals surface area contributed by atoms with Gasteiger partial charge in [0.1, 0.15) is 0 Å². The van der Waals surface area contributed by atoms with Gasteiger partial charge in [-0.2, -0.15) is 29.5 Å². The van der Waals surface area contributed by atoms with E-state index in [0.29, 0.717) is 5.82 Å². The van der Waals surface area contributed by atoms with Gasteiger partial charge in [-0.3, -0.25) is 0 Å². The molecule has 2 aromatic heterocycles. The van der Waals surface area contributed by atoms with Crippen LogP contribution in [0.5, 0.6) is 0 Å². The Morgan fingerprint density at radius 3 is 2.67 bits per heavy atom. The Morgan fingerprint density at radius 1 is 1.19 bits per heavy atom. The lowest BCUT2D eigenvalue weighted by atomic mass is 10.1. The van der Waals surface area contributed by atoms with Gasteiger partial charge in [0, 0.05) is 16.6 Å². The lowest BCUT2D eigenvalue weighted by Gasteiger charge is -2.08. The fraction of sp³-hybridized carbons (Fsp3) is 0.0769. The van der Waals surface area contributed by atoms with Crippen LogP contribution in [0.25, 0.3) is 22.8 Å². The topological polar surface area (TPSA) is 64.9 Å². The molecule has 1 aromatic carbocycles. The quantitative estimate of drug-likeness (QED) is 0.725. The molecule has 0 aliphatic heterocycles. The lowest BCUT2D eigenvalue weighted by molar-refractivity contribution is -0.137. The third-order valence-corrected chi connectivity index (χ3v) is 3.50. The van der Waals surface area contributed by atoms with E-state index in [2.05, 4.69) is 10.1 Å². The first kappa shape index (κ1) is 13.6. The summed E-state index contributed by atoms with van der Waals surface area (Å²) in [6.07, 6.45) is -4.46. The highest BCUT2D eigenvalue weighted by molar-refractivity contribution is 7.08. The molecule has 0 spiro atoms. The first-order valence-corrected chi connectivity index (χ1v) is 6.73. The van der Waals surface area contributed by atoms with Crippen LogP contribution in [0.15, 0.2) is 39.5 Å².